The smallest absolute Gasteiger partial charge is 0.245 e. The van der Waals surface area contributed by atoms with Crippen molar-refractivity contribution in [3.63, 3.8) is 0 Å². The molecule has 0 radical (unpaired) electrons. The van der Waals surface area contributed by atoms with Crippen LogP contribution in [0.1, 0.15) is 11.6 Å². The molecule has 0 aromatic heterocycles. The summed E-state index contributed by atoms with van der Waals surface area (Å²) in [5, 5.41) is 3.24. The molecule has 1 aliphatic rings. The molecule has 0 aliphatic carbocycles. The zero-order chi connectivity index (χ0) is 8.72. The van der Waals surface area contributed by atoms with Crippen molar-refractivity contribution in [3.05, 3.63) is 28.8 Å². The summed E-state index contributed by atoms with van der Waals surface area (Å²) in [7, 11) is 0. The lowest BCUT2D eigenvalue weighted by Gasteiger charge is -1.99. The second-order valence-corrected chi connectivity index (χ2v) is 3.13. The van der Waals surface area contributed by atoms with E-state index >= 15 is 0 Å². The van der Waals surface area contributed by atoms with Crippen LogP contribution in [0.2, 0.25) is 5.02 Å². The molecule has 3 N–H and O–H groups in total. The van der Waals surface area contributed by atoms with Gasteiger partial charge < -0.3 is 11.1 Å². The Labute approximate surface area is 74.5 Å². The van der Waals surface area contributed by atoms with Gasteiger partial charge in [0.15, 0.2) is 0 Å². The molecule has 1 unspecified atom stereocenters. The zero-order valence-electron chi connectivity index (χ0n) is 6.17. The first-order valence-corrected chi connectivity index (χ1v) is 3.92. The third-order valence-corrected chi connectivity index (χ3v) is 2.13. The Bertz CT molecular complexity index is 351. The lowest BCUT2D eigenvalue weighted by atomic mass is 10.1. The standard InChI is InChI=1S/C8H7ClN2O/c9-4-1-2-5-6(3-4)11-8(12)7(5)10/h1-3,7H,10H2,(H,11,12). The van der Waals surface area contributed by atoms with Gasteiger partial charge in [-0.1, -0.05) is 17.7 Å². The molecule has 2 rings (SSSR count). The summed E-state index contributed by atoms with van der Waals surface area (Å²) in [4.78, 5) is 11.1. The summed E-state index contributed by atoms with van der Waals surface area (Å²) in [6.45, 7) is 0. The molecule has 1 atom stereocenters. The first-order chi connectivity index (χ1) is 5.68. The number of halogens is 1. The van der Waals surface area contributed by atoms with Crippen molar-refractivity contribution in [1.82, 2.24) is 0 Å². The van der Waals surface area contributed by atoms with Crippen molar-refractivity contribution in [2.45, 2.75) is 6.04 Å². The van der Waals surface area contributed by atoms with E-state index in [1.165, 1.54) is 0 Å². The summed E-state index contributed by atoms with van der Waals surface area (Å²) < 4.78 is 0. The molecule has 62 valence electrons. The van der Waals surface area contributed by atoms with Crippen LogP contribution in [0, 0.1) is 0 Å². The van der Waals surface area contributed by atoms with Gasteiger partial charge in [0.1, 0.15) is 6.04 Å². The van der Waals surface area contributed by atoms with Gasteiger partial charge in [0.2, 0.25) is 5.91 Å². The van der Waals surface area contributed by atoms with Crippen LogP contribution in [0.25, 0.3) is 0 Å². The van der Waals surface area contributed by atoms with Gasteiger partial charge >= 0.3 is 0 Å². The highest BCUT2D eigenvalue weighted by molar-refractivity contribution is 6.31. The van der Waals surface area contributed by atoms with Crippen LogP contribution < -0.4 is 11.1 Å². The van der Waals surface area contributed by atoms with E-state index in [1.807, 2.05) is 0 Å². The van der Waals surface area contributed by atoms with Gasteiger partial charge in [-0.05, 0) is 12.1 Å². The van der Waals surface area contributed by atoms with Gasteiger partial charge in [-0.15, -0.1) is 0 Å². The Hall–Kier alpha value is -1.06. The Morgan fingerprint density at radius 2 is 2.25 bits per heavy atom. The number of carbonyl (C=O) groups is 1. The molecule has 1 amide bonds. The van der Waals surface area contributed by atoms with E-state index in [-0.39, 0.29) is 5.91 Å². The van der Waals surface area contributed by atoms with Crippen LogP contribution in [-0.2, 0) is 4.79 Å². The summed E-state index contributed by atoms with van der Waals surface area (Å²) in [6, 6.07) is 4.64. The molecule has 1 heterocycles. The Morgan fingerprint density at radius 1 is 1.50 bits per heavy atom. The number of nitrogens with two attached hydrogens (primary N) is 1. The molecule has 4 heteroatoms. The highest BCUT2D eigenvalue weighted by atomic mass is 35.5. The first-order valence-electron chi connectivity index (χ1n) is 3.54. The van der Waals surface area contributed by atoms with Gasteiger partial charge in [0.05, 0.1) is 0 Å². The van der Waals surface area contributed by atoms with E-state index in [4.69, 9.17) is 17.3 Å². The average molecular weight is 183 g/mol. The van der Waals surface area contributed by atoms with Gasteiger partial charge in [-0.2, -0.15) is 0 Å². The minimum absolute atomic E-state index is 0.174. The average Bonchev–Trinajstić information content (AvgIpc) is 2.28. The van der Waals surface area contributed by atoms with Gasteiger partial charge in [-0.3, -0.25) is 4.79 Å². The van der Waals surface area contributed by atoms with Crippen molar-refractivity contribution in [2.75, 3.05) is 5.32 Å². The van der Waals surface area contributed by atoms with Gasteiger partial charge in [0.25, 0.3) is 0 Å². The van der Waals surface area contributed by atoms with Crippen molar-refractivity contribution < 1.29 is 4.79 Å². The summed E-state index contributed by atoms with van der Waals surface area (Å²) in [6.07, 6.45) is 0. The van der Waals surface area contributed by atoms with Crippen LogP contribution in [0.5, 0.6) is 0 Å². The lowest BCUT2D eigenvalue weighted by molar-refractivity contribution is -0.116. The number of anilines is 1. The maximum atomic E-state index is 11.1. The second kappa shape index (κ2) is 2.47. The third-order valence-electron chi connectivity index (χ3n) is 1.89. The Morgan fingerprint density at radius 3 is 3.00 bits per heavy atom. The molecule has 1 aromatic rings. The molecule has 0 saturated heterocycles. The van der Waals surface area contributed by atoms with Crippen LogP contribution in [-0.4, -0.2) is 5.91 Å². The van der Waals surface area contributed by atoms with E-state index in [2.05, 4.69) is 5.32 Å². The largest absolute Gasteiger partial charge is 0.324 e. The summed E-state index contributed by atoms with van der Waals surface area (Å²) >= 11 is 5.73. The van der Waals surface area contributed by atoms with Crippen LogP contribution in [0.15, 0.2) is 18.2 Å². The molecule has 0 bridgehead atoms. The number of benzene rings is 1. The number of fused-ring (bicyclic) bond motifs is 1. The van der Waals surface area contributed by atoms with E-state index in [9.17, 15) is 4.79 Å². The van der Waals surface area contributed by atoms with Crippen molar-refractivity contribution >= 4 is 23.2 Å². The van der Waals surface area contributed by atoms with Crippen LogP contribution >= 0.6 is 11.6 Å². The van der Waals surface area contributed by atoms with E-state index in [0.29, 0.717) is 5.02 Å². The van der Waals surface area contributed by atoms with Crippen LogP contribution in [0.4, 0.5) is 5.69 Å². The number of hydrogen-bond acceptors (Lipinski definition) is 2. The number of hydrogen-bond donors (Lipinski definition) is 2. The molecule has 0 saturated carbocycles. The molecule has 12 heavy (non-hydrogen) atoms. The number of rotatable bonds is 0. The second-order valence-electron chi connectivity index (χ2n) is 2.70. The topological polar surface area (TPSA) is 55.1 Å². The van der Waals surface area contributed by atoms with Crippen molar-refractivity contribution in [3.8, 4) is 0 Å². The fraction of sp³-hybridized carbons (Fsp3) is 0.125. The zero-order valence-corrected chi connectivity index (χ0v) is 6.93. The lowest BCUT2D eigenvalue weighted by Crippen LogP contribution is -2.19. The molecule has 1 aliphatic heterocycles. The number of nitrogens with one attached hydrogen (secondary N) is 1. The highest BCUT2D eigenvalue weighted by Gasteiger charge is 2.26. The molecule has 3 nitrogen and oxygen atoms in total. The van der Waals surface area contributed by atoms with Crippen LogP contribution in [0.3, 0.4) is 0 Å². The molecule has 0 fully saturated rings. The minimum atomic E-state index is -0.544. The van der Waals surface area contributed by atoms with Crippen molar-refractivity contribution in [2.24, 2.45) is 5.73 Å². The first kappa shape index (κ1) is 7.58. The fourth-order valence-electron chi connectivity index (χ4n) is 1.26. The summed E-state index contributed by atoms with van der Waals surface area (Å²) in [5.74, 6) is -0.174. The Balaban J connectivity index is 2.54. The highest BCUT2D eigenvalue weighted by Crippen LogP contribution is 2.30. The minimum Gasteiger partial charge on any atom is -0.324 e. The molecular weight excluding hydrogens is 176 g/mol. The quantitative estimate of drug-likeness (QED) is 0.635. The maximum Gasteiger partial charge on any atom is 0.245 e. The van der Waals surface area contributed by atoms with Gasteiger partial charge in [-0.25, -0.2) is 0 Å². The number of carbonyl (C=O) groups excluding carboxylic acids is 1. The normalized spacial score (nSPS) is 20.5. The predicted molar refractivity (Wildman–Crippen MR) is 47.0 cm³/mol. The Kier molecular flexibility index (Phi) is 1.56. The number of amides is 1. The van der Waals surface area contributed by atoms with E-state index < -0.39 is 6.04 Å². The molecule has 1 aromatic carbocycles. The monoisotopic (exact) mass is 182 g/mol. The van der Waals surface area contributed by atoms with Crippen molar-refractivity contribution in [1.29, 1.82) is 0 Å². The molecular formula is C8H7ClN2O. The third kappa shape index (κ3) is 0.983. The van der Waals surface area contributed by atoms with E-state index in [1.54, 1.807) is 18.2 Å². The maximum absolute atomic E-state index is 11.1. The SMILES string of the molecule is NC1C(=O)Nc2cc(Cl)ccc21. The summed E-state index contributed by atoms with van der Waals surface area (Å²) in [5.41, 5.74) is 7.12. The molecule has 0 spiro atoms. The predicted octanol–water partition coefficient (Wildman–Crippen LogP) is 1.29. The van der Waals surface area contributed by atoms with Gasteiger partial charge in [0, 0.05) is 16.3 Å². The van der Waals surface area contributed by atoms with E-state index in [0.717, 1.165) is 11.3 Å². The fourth-order valence-corrected chi connectivity index (χ4v) is 1.43.